The van der Waals surface area contributed by atoms with E-state index in [9.17, 15) is 0 Å². The maximum atomic E-state index is 2.40. The molecule has 1 aliphatic heterocycles. The number of hydrogen-bond acceptors (Lipinski definition) is 1. The Morgan fingerprint density at radius 2 is 1.50 bits per heavy atom. The molecule has 2 heteroatoms. The lowest BCUT2D eigenvalue weighted by atomic mass is 10.1. The van der Waals surface area contributed by atoms with Crippen molar-refractivity contribution in [3.8, 4) is 0 Å². The molecule has 0 aromatic heterocycles. The van der Waals surface area contributed by atoms with Crippen LogP contribution < -0.4 is 10.4 Å². The first kappa shape index (κ1) is 14.1. The van der Waals surface area contributed by atoms with Gasteiger partial charge in [-0.15, -0.1) is 0 Å². The van der Waals surface area contributed by atoms with Gasteiger partial charge in [-0.2, -0.15) is 11.2 Å². The Labute approximate surface area is 137 Å². The fourth-order valence-electron chi connectivity index (χ4n) is 3.68. The second-order valence-electron chi connectivity index (χ2n) is 6.03. The van der Waals surface area contributed by atoms with E-state index in [0.29, 0.717) is 0 Å². The number of benzene rings is 3. The van der Waals surface area contributed by atoms with Gasteiger partial charge in [0.05, 0.1) is 0 Å². The Bertz CT molecular complexity index is 771. The molecule has 4 rings (SSSR count). The van der Waals surface area contributed by atoms with Crippen LogP contribution in [0.2, 0.25) is 6.04 Å². The monoisotopic (exact) mass is 320 g/mol. The van der Waals surface area contributed by atoms with Crippen molar-refractivity contribution in [2.45, 2.75) is 18.9 Å². The molecular weight excluding hydrogens is 300 g/mol. The Morgan fingerprint density at radius 3 is 2.32 bits per heavy atom. The van der Waals surface area contributed by atoms with E-state index in [2.05, 4.69) is 84.0 Å². The highest BCUT2D eigenvalue weighted by molar-refractivity contribution is 8.31. The van der Waals surface area contributed by atoms with Gasteiger partial charge in [-0.25, -0.2) is 0 Å². The van der Waals surface area contributed by atoms with Crippen molar-refractivity contribution in [1.82, 2.24) is 0 Å². The first-order valence-corrected chi connectivity index (χ1v) is 12.0. The lowest BCUT2D eigenvalue weighted by Crippen LogP contribution is -2.57. The minimum Gasteiger partial charge on any atom is -0.174 e. The molecule has 0 spiro atoms. The molecule has 1 atom stereocenters. The molecule has 0 bridgehead atoms. The van der Waals surface area contributed by atoms with Crippen molar-refractivity contribution < 1.29 is 0 Å². The average Bonchev–Trinajstić information content (AvgIpc) is 2.62. The van der Waals surface area contributed by atoms with Crippen LogP contribution in [0.25, 0.3) is 10.8 Å². The van der Waals surface area contributed by atoms with E-state index in [-0.39, 0.29) is 0 Å². The normalized spacial score (nSPS) is 21.8. The second kappa shape index (κ2) is 5.94. The predicted molar refractivity (Wildman–Crippen MR) is 102 cm³/mol. The van der Waals surface area contributed by atoms with Gasteiger partial charge in [0, 0.05) is 0 Å². The molecule has 0 saturated carbocycles. The average molecular weight is 321 g/mol. The van der Waals surface area contributed by atoms with E-state index in [1.807, 2.05) is 0 Å². The maximum Gasteiger partial charge on any atom is 0.178 e. The van der Waals surface area contributed by atoms with Crippen LogP contribution >= 0.6 is 11.2 Å². The molecule has 1 heterocycles. The smallest absolute Gasteiger partial charge is 0.174 e. The largest absolute Gasteiger partial charge is 0.178 e. The molecule has 0 amide bonds. The summed E-state index contributed by atoms with van der Waals surface area (Å²) in [4.78, 5) is 0. The Hall–Kier alpha value is -1.51. The third-order valence-corrected chi connectivity index (χ3v) is 13.4. The van der Waals surface area contributed by atoms with Gasteiger partial charge >= 0.3 is 0 Å². The van der Waals surface area contributed by atoms with Crippen molar-refractivity contribution in [2.24, 2.45) is 0 Å². The molecule has 0 radical (unpaired) electrons. The first-order valence-electron chi connectivity index (χ1n) is 8.08. The van der Waals surface area contributed by atoms with E-state index >= 15 is 0 Å². The molecule has 0 aliphatic carbocycles. The van der Waals surface area contributed by atoms with Crippen molar-refractivity contribution in [2.75, 3.05) is 5.75 Å². The van der Waals surface area contributed by atoms with Crippen LogP contribution in [0.5, 0.6) is 0 Å². The van der Waals surface area contributed by atoms with Gasteiger partial charge in [0.1, 0.15) is 0 Å². The lowest BCUT2D eigenvalue weighted by molar-refractivity contribution is 0.878. The number of hydrogen-bond donors (Lipinski definition) is 0. The molecule has 0 N–H and O–H groups in total. The third kappa shape index (κ3) is 2.31. The quantitative estimate of drug-likeness (QED) is 0.630. The van der Waals surface area contributed by atoms with Crippen LogP contribution in [0.15, 0.2) is 72.8 Å². The van der Waals surface area contributed by atoms with Gasteiger partial charge < -0.3 is 0 Å². The van der Waals surface area contributed by atoms with Gasteiger partial charge in [0.15, 0.2) is 7.22 Å². The van der Waals surface area contributed by atoms with Gasteiger partial charge in [-0.3, -0.25) is 0 Å². The lowest BCUT2D eigenvalue weighted by Gasteiger charge is -2.36. The SMILES string of the molecule is c1ccc([Si]2(c3cccc4ccccc34)CCCCS2)cc1. The maximum absolute atomic E-state index is 2.40. The second-order valence-corrected chi connectivity index (χ2v) is 12.9. The Balaban J connectivity index is 1.98. The molecule has 1 fully saturated rings. The molecule has 0 nitrogen and oxygen atoms in total. The van der Waals surface area contributed by atoms with Crippen molar-refractivity contribution in [3.05, 3.63) is 72.8 Å². The third-order valence-electron chi connectivity index (χ3n) is 4.74. The van der Waals surface area contributed by atoms with E-state index < -0.39 is 7.22 Å². The summed E-state index contributed by atoms with van der Waals surface area (Å²) in [6.07, 6.45) is 2.74. The molecule has 110 valence electrons. The van der Waals surface area contributed by atoms with E-state index in [1.54, 1.807) is 10.4 Å². The van der Waals surface area contributed by atoms with Crippen LogP contribution in [-0.2, 0) is 0 Å². The number of fused-ring (bicyclic) bond motifs is 1. The zero-order valence-electron chi connectivity index (χ0n) is 12.7. The zero-order valence-corrected chi connectivity index (χ0v) is 14.5. The minimum absolute atomic E-state index is 1.31. The number of rotatable bonds is 2. The van der Waals surface area contributed by atoms with Gasteiger partial charge in [-0.05, 0) is 39.4 Å². The molecule has 22 heavy (non-hydrogen) atoms. The highest BCUT2D eigenvalue weighted by Crippen LogP contribution is 2.34. The fourth-order valence-corrected chi connectivity index (χ4v) is 12.5. The first-order chi connectivity index (χ1) is 10.9. The summed E-state index contributed by atoms with van der Waals surface area (Å²) in [6.45, 7) is 0. The molecule has 3 aromatic carbocycles. The molecule has 1 saturated heterocycles. The van der Waals surface area contributed by atoms with Crippen molar-refractivity contribution in [3.63, 3.8) is 0 Å². The summed E-state index contributed by atoms with van der Waals surface area (Å²) in [5.41, 5.74) is 0. The van der Waals surface area contributed by atoms with Crippen LogP contribution in [0.3, 0.4) is 0 Å². The highest BCUT2D eigenvalue weighted by Gasteiger charge is 2.40. The standard InChI is InChI=1S/C20H20SSi/c1-2-11-18(12-3-1)22(16-7-6-15-21-22)20-14-8-10-17-9-4-5-13-19(17)20/h1-5,8-14H,6-7,15-16H2. The Morgan fingerprint density at radius 1 is 0.727 bits per heavy atom. The van der Waals surface area contributed by atoms with Crippen molar-refractivity contribution >= 4 is 39.6 Å². The summed E-state index contributed by atoms with van der Waals surface area (Å²) >= 11 is 2.27. The van der Waals surface area contributed by atoms with E-state index in [1.165, 1.54) is 35.4 Å². The Kier molecular flexibility index (Phi) is 3.81. The summed E-state index contributed by atoms with van der Waals surface area (Å²) in [5, 5.41) is 6.07. The van der Waals surface area contributed by atoms with Crippen LogP contribution in [0.1, 0.15) is 12.8 Å². The van der Waals surface area contributed by atoms with Crippen LogP contribution in [-0.4, -0.2) is 13.0 Å². The molecular formula is C20H20SSi. The summed E-state index contributed by atoms with van der Waals surface area (Å²) < 4.78 is 0. The zero-order chi connectivity index (χ0) is 14.8. The van der Waals surface area contributed by atoms with E-state index in [0.717, 1.165) is 0 Å². The molecule has 1 aliphatic rings. The topological polar surface area (TPSA) is 0 Å². The van der Waals surface area contributed by atoms with Crippen LogP contribution in [0, 0.1) is 0 Å². The predicted octanol–water partition coefficient (Wildman–Crippen LogP) is 4.43. The molecule has 3 aromatic rings. The summed E-state index contributed by atoms with van der Waals surface area (Å²) in [5.74, 6) is 1.31. The van der Waals surface area contributed by atoms with Gasteiger partial charge in [0.25, 0.3) is 0 Å². The van der Waals surface area contributed by atoms with Gasteiger partial charge in [-0.1, -0.05) is 79.2 Å². The summed E-state index contributed by atoms with van der Waals surface area (Å²) in [6, 6.07) is 28.5. The van der Waals surface area contributed by atoms with E-state index in [4.69, 9.17) is 0 Å². The fraction of sp³-hybridized carbons (Fsp3) is 0.200. The van der Waals surface area contributed by atoms with Crippen LogP contribution in [0.4, 0.5) is 0 Å². The highest BCUT2D eigenvalue weighted by atomic mass is 32.4. The molecule has 1 unspecified atom stereocenters. The minimum atomic E-state index is -1.68. The summed E-state index contributed by atoms with van der Waals surface area (Å²) in [7, 11) is -1.68. The van der Waals surface area contributed by atoms with Crippen molar-refractivity contribution in [1.29, 1.82) is 0 Å². The van der Waals surface area contributed by atoms with Gasteiger partial charge in [0.2, 0.25) is 0 Å².